The third-order valence-corrected chi connectivity index (χ3v) is 3.93. The average molecular weight is 275 g/mol. The van der Waals surface area contributed by atoms with E-state index in [0.717, 1.165) is 12.2 Å². The van der Waals surface area contributed by atoms with Gasteiger partial charge < -0.3 is 14.8 Å². The summed E-state index contributed by atoms with van der Waals surface area (Å²) >= 11 is 1.78. The molecule has 0 heterocycles. The number of Topliss-reactive ketones (excluding diaryl/α,β-unsaturated/α-hetero) is 1. The van der Waals surface area contributed by atoms with Crippen molar-refractivity contribution >= 4 is 23.5 Å². The fraction of sp³-hybridized carbons (Fsp3) is 0.846. The standard InChI is InChI=1S/C13H25NO3S/c1-4-8-18-12(3)9-13(17)14(10-15)7-5-6-11(2)16/h12,15H,4-10H2,1-3H3. The zero-order valence-electron chi connectivity index (χ0n) is 11.6. The van der Waals surface area contributed by atoms with Gasteiger partial charge in [0.15, 0.2) is 0 Å². The molecule has 0 saturated heterocycles. The van der Waals surface area contributed by atoms with Crippen molar-refractivity contribution in [2.75, 3.05) is 19.0 Å². The largest absolute Gasteiger partial charge is 0.376 e. The van der Waals surface area contributed by atoms with Crippen LogP contribution in [0.5, 0.6) is 0 Å². The van der Waals surface area contributed by atoms with Crippen molar-refractivity contribution in [2.45, 2.75) is 51.7 Å². The number of hydrogen-bond donors (Lipinski definition) is 1. The molecular weight excluding hydrogens is 250 g/mol. The molecule has 5 heteroatoms. The molecule has 0 aromatic rings. The maximum atomic E-state index is 11.9. The number of hydrogen-bond acceptors (Lipinski definition) is 4. The van der Waals surface area contributed by atoms with E-state index in [1.165, 1.54) is 11.8 Å². The van der Waals surface area contributed by atoms with Gasteiger partial charge in [0.2, 0.25) is 5.91 Å². The highest BCUT2D eigenvalue weighted by Gasteiger charge is 2.15. The van der Waals surface area contributed by atoms with Crippen LogP contribution in [0.2, 0.25) is 0 Å². The van der Waals surface area contributed by atoms with Crippen molar-refractivity contribution in [3.05, 3.63) is 0 Å². The molecule has 0 aliphatic carbocycles. The van der Waals surface area contributed by atoms with Crippen LogP contribution in [0.4, 0.5) is 0 Å². The van der Waals surface area contributed by atoms with Gasteiger partial charge in [-0.2, -0.15) is 11.8 Å². The predicted octanol–water partition coefficient (Wildman–Crippen LogP) is 2.06. The topological polar surface area (TPSA) is 57.6 Å². The molecule has 0 aliphatic heterocycles. The number of aliphatic hydroxyl groups is 1. The zero-order valence-corrected chi connectivity index (χ0v) is 12.5. The van der Waals surface area contributed by atoms with Crippen molar-refractivity contribution in [3.8, 4) is 0 Å². The molecule has 1 N–H and O–H groups in total. The number of rotatable bonds is 10. The van der Waals surface area contributed by atoms with E-state index in [2.05, 4.69) is 6.92 Å². The molecule has 4 nitrogen and oxygen atoms in total. The molecule has 0 fully saturated rings. The second-order valence-corrected chi connectivity index (χ2v) is 6.04. The van der Waals surface area contributed by atoms with Gasteiger partial charge in [-0.15, -0.1) is 0 Å². The molecule has 0 aromatic heterocycles. The molecule has 0 spiro atoms. The van der Waals surface area contributed by atoms with E-state index in [9.17, 15) is 9.59 Å². The molecule has 106 valence electrons. The zero-order chi connectivity index (χ0) is 14.0. The lowest BCUT2D eigenvalue weighted by atomic mass is 10.2. The van der Waals surface area contributed by atoms with Crippen LogP contribution >= 0.6 is 11.8 Å². The van der Waals surface area contributed by atoms with E-state index in [1.54, 1.807) is 11.8 Å². The van der Waals surface area contributed by atoms with Gasteiger partial charge in [0.1, 0.15) is 12.5 Å². The van der Waals surface area contributed by atoms with Crippen molar-refractivity contribution in [2.24, 2.45) is 0 Å². The SMILES string of the molecule is CCCSC(C)CC(=O)N(CO)CCCC(C)=O. The quantitative estimate of drug-likeness (QED) is 0.620. The van der Waals surface area contributed by atoms with Gasteiger partial charge in [-0.1, -0.05) is 13.8 Å². The molecular formula is C13H25NO3S. The van der Waals surface area contributed by atoms with E-state index in [-0.39, 0.29) is 23.7 Å². The minimum absolute atomic E-state index is 0.0304. The summed E-state index contributed by atoms with van der Waals surface area (Å²) in [5, 5.41) is 9.44. The van der Waals surface area contributed by atoms with E-state index < -0.39 is 0 Å². The first-order valence-electron chi connectivity index (χ1n) is 6.50. The van der Waals surface area contributed by atoms with E-state index >= 15 is 0 Å². The first kappa shape index (κ1) is 17.4. The number of amides is 1. The van der Waals surface area contributed by atoms with Crippen LogP contribution in [0.3, 0.4) is 0 Å². The Balaban J connectivity index is 3.97. The lowest BCUT2D eigenvalue weighted by molar-refractivity contribution is -0.135. The molecule has 0 saturated carbocycles. The van der Waals surface area contributed by atoms with Gasteiger partial charge in [-0.25, -0.2) is 0 Å². The first-order valence-corrected chi connectivity index (χ1v) is 7.55. The van der Waals surface area contributed by atoms with Gasteiger partial charge in [0.25, 0.3) is 0 Å². The van der Waals surface area contributed by atoms with Gasteiger partial charge in [-0.05, 0) is 25.5 Å². The number of aliphatic hydroxyl groups excluding tert-OH is 1. The normalized spacial score (nSPS) is 12.2. The third kappa shape index (κ3) is 8.53. The summed E-state index contributed by atoms with van der Waals surface area (Å²) in [7, 11) is 0. The van der Waals surface area contributed by atoms with Gasteiger partial charge in [-0.3, -0.25) is 4.79 Å². The number of nitrogens with zero attached hydrogens (tertiary/aromatic N) is 1. The van der Waals surface area contributed by atoms with E-state index in [1.807, 2.05) is 6.92 Å². The van der Waals surface area contributed by atoms with Crippen LogP contribution in [0.15, 0.2) is 0 Å². The summed E-state index contributed by atoms with van der Waals surface area (Å²) < 4.78 is 0. The fourth-order valence-electron chi connectivity index (χ4n) is 1.55. The number of thioether (sulfide) groups is 1. The molecule has 1 unspecified atom stereocenters. The predicted molar refractivity (Wildman–Crippen MR) is 75.5 cm³/mol. The molecule has 0 aliphatic rings. The molecule has 0 rings (SSSR count). The van der Waals surface area contributed by atoms with Crippen molar-refractivity contribution in [3.63, 3.8) is 0 Å². The minimum atomic E-state index is -0.262. The monoisotopic (exact) mass is 275 g/mol. The molecule has 0 aromatic carbocycles. The van der Waals surface area contributed by atoms with E-state index in [4.69, 9.17) is 5.11 Å². The third-order valence-electron chi connectivity index (χ3n) is 2.55. The summed E-state index contributed by atoms with van der Waals surface area (Å²) in [4.78, 5) is 24.1. The Morgan fingerprint density at radius 3 is 2.56 bits per heavy atom. The van der Waals surface area contributed by atoms with Gasteiger partial charge >= 0.3 is 0 Å². The highest BCUT2D eigenvalue weighted by atomic mass is 32.2. The average Bonchev–Trinajstić information content (AvgIpc) is 2.31. The van der Waals surface area contributed by atoms with Crippen LogP contribution < -0.4 is 0 Å². The first-order chi connectivity index (χ1) is 8.51. The highest BCUT2D eigenvalue weighted by Crippen LogP contribution is 2.16. The summed E-state index contributed by atoms with van der Waals surface area (Å²) in [5.41, 5.74) is 0. The van der Waals surface area contributed by atoms with Crippen LogP contribution in [-0.2, 0) is 9.59 Å². The number of carbonyl (C=O) groups is 2. The summed E-state index contributed by atoms with van der Waals surface area (Å²) in [6, 6.07) is 0. The van der Waals surface area contributed by atoms with Crippen LogP contribution in [0.1, 0.15) is 46.5 Å². The Kier molecular flexibility index (Phi) is 10.1. The van der Waals surface area contributed by atoms with Crippen molar-refractivity contribution < 1.29 is 14.7 Å². The van der Waals surface area contributed by atoms with Crippen molar-refractivity contribution in [1.29, 1.82) is 0 Å². The summed E-state index contributed by atoms with van der Waals surface area (Å²) in [5.74, 6) is 1.14. The number of carbonyl (C=O) groups excluding carboxylic acids is 2. The Morgan fingerprint density at radius 2 is 2.06 bits per heavy atom. The molecule has 0 radical (unpaired) electrons. The van der Waals surface area contributed by atoms with Crippen LogP contribution in [0, 0.1) is 0 Å². The second kappa shape index (κ2) is 10.4. The van der Waals surface area contributed by atoms with Gasteiger partial charge in [0, 0.05) is 24.6 Å². The van der Waals surface area contributed by atoms with Crippen LogP contribution in [0.25, 0.3) is 0 Å². The Hall–Kier alpha value is -0.550. The molecule has 1 atom stereocenters. The highest BCUT2D eigenvalue weighted by molar-refractivity contribution is 7.99. The van der Waals surface area contributed by atoms with Crippen LogP contribution in [-0.4, -0.2) is 46.0 Å². The smallest absolute Gasteiger partial charge is 0.225 e. The fourth-order valence-corrected chi connectivity index (χ4v) is 2.44. The Morgan fingerprint density at radius 1 is 1.39 bits per heavy atom. The Labute approximate surface area is 114 Å². The van der Waals surface area contributed by atoms with E-state index in [0.29, 0.717) is 25.8 Å². The molecule has 1 amide bonds. The lowest BCUT2D eigenvalue weighted by Crippen LogP contribution is -2.34. The molecule has 18 heavy (non-hydrogen) atoms. The number of ketones is 1. The minimum Gasteiger partial charge on any atom is -0.376 e. The summed E-state index contributed by atoms with van der Waals surface area (Å²) in [6.45, 7) is 5.88. The maximum Gasteiger partial charge on any atom is 0.225 e. The summed E-state index contributed by atoms with van der Waals surface area (Å²) in [6.07, 6.45) is 2.64. The van der Waals surface area contributed by atoms with Gasteiger partial charge in [0.05, 0.1) is 0 Å². The molecule has 0 bridgehead atoms. The second-order valence-electron chi connectivity index (χ2n) is 4.49. The Bertz CT molecular complexity index is 259. The maximum absolute atomic E-state index is 11.9. The lowest BCUT2D eigenvalue weighted by Gasteiger charge is -2.21. The van der Waals surface area contributed by atoms with Crippen molar-refractivity contribution in [1.82, 2.24) is 4.90 Å².